The first kappa shape index (κ1) is 21.6. The Balaban J connectivity index is 1.77. The van der Waals surface area contributed by atoms with Gasteiger partial charge in [-0.05, 0) is 54.6 Å². The van der Waals surface area contributed by atoms with Gasteiger partial charge in [-0.3, -0.25) is 4.79 Å². The summed E-state index contributed by atoms with van der Waals surface area (Å²) in [5.74, 6) is -3.08. The number of para-hydroxylation sites is 1. The van der Waals surface area contributed by atoms with Crippen molar-refractivity contribution in [2.75, 3.05) is 10.6 Å². The highest BCUT2D eigenvalue weighted by molar-refractivity contribution is 7.99. The van der Waals surface area contributed by atoms with Crippen molar-refractivity contribution in [3.8, 4) is 0 Å². The van der Waals surface area contributed by atoms with Crippen molar-refractivity contribution < 1.29 is 26.7 Å². The molecule has 0 saturated carbocycles. The SMILES string of the molecule is O=C(Nc1cccc(SC(F)F)c1)c1ccccc1Nc1ccc(C(F)(F)F)cc1. The van der Waals surface area contributed by atoms with Crippen molar-refractivity contribution in [2.45, 2.75) is 16.8 Å². The molecule has 0 aliphatic heterocycles. The smallest absolute Gasteiger partial charge is 0.355 e. The summed E-state index contributed by atoms with van der Waals surface area (Å²) >= 11 is 0.366. The second-order valence-corrected chi connectivity index (χ2v) is 7.17. The number of hydrogen-bond acceptors (Lipinski definition) is 3. The quantitative estimate of drug-likeness (QED) is 0.321. The molecule has 3 nitrogen and oxygen atoms in total. The van der Waals surface area contributed by atoms with Crippen LogP contribution in [0.1, 0.15) is 15.9 Å². The van der Waals surface area contributed by atoms with Crippen LogP contribution in [0.2, 0.25) is 0 Å². The van der Waals surface area contributed by atoms with E-state index in [1.54, 1.807) is 36.4 Å². The van der Waals surface area contributed by atoms with Crippen LogP contribution < -0.4 is 10.6 Å². The maximum absolute atomic E-state index is 12.7. The molecule has 0 radical (unpaired) electrons. The normalized spacial score (nSPS) is 11.4. The van der Waals surface area contributed by atoms with Crippen LogP contribution in [0.5, 0.6) is 0 Å². The number of anilines is 3. The van der Waals surface area contributed by atoms with Crippen molar-refractivity contribution in [1.29, 1.82) is 0 Å². The largest absolute Gasteiger partial charge is 0.416 e. The van der Waals surface area contributed by atoms with Gasteiger partial charge >= 0.3 is 6.18 Å². The first-order valence-corrected chi connectivity index (χ1v) is 9.50. The molecule has 3 aromatic carbocycles. The zero-order valence-electron chi connectivity index (χ0n) is 15.2. The molecule has 0 heterocycles. The maximum atomic E-state index is 12.7. The van der Waals surface area contributed by atoms with E-state index in [1.807, 2.05) is 0 Å². The Bertz CT molecular complexity index is 1020. The van der Waals surface area contributed by atoms with E-state index in [-0.39, 0.29) is 5.56 Å². The van der Waals surface area contributed by atoms with Crippen LogP contribution in [0, 0.1) is 0 Å². The van der Waals surface area contributed by atoms with Crippen molar-refractivity contribution in [2.24, 2.45) is 0 Å². The van der Waals surface area contributed by atoms with Crippen LogP contribution in [0.25, 0.3) is 0 Å². The van der Waals surface area contributed by atoms with Gasteiger partial charge in [0.1, 0.15) is 0 Å². The second-order valence-electron chi connectivity index (χ2n) is 6.11. The molecule has 156 valence electrons. The predicted octanol–water partition coefficient (Wildman–Crippen LogP) is 7.02. The molecule has 0 atom stereocenters. The third-order valence-electron chi connectivity index (χ3n) is 3.98. The van der Waals surface area contributed by atoms with Gasteiger partial charge in [0.05, 0.1) is 16.8 Å². The second kappa shape index (κ2) is 9.17. The molecule has 9 heteroatoms. The van der Waals surface area contributed by atoms with Crippen molar-refractivity contribution >= 4 is 34.7 Å². The Morgan fingerprint density at radius 2 is 1.57 bits per heavy atom. The van der Waals surface area contributed by atoms with E-state index in [1.165, 1.54) is 24.3 Å². The molecule has 2 N–H and O–H groups in total. The summed E-state index contributed by atoms with van der Waals surface area (Å²) in [6.45, 7) is 0. The average molecular weight is 438 g/mol. The van der Waals surface area contributed by atoms with Gasteiger partial charge in [-0.2, -0.15) is 22.0 Å². The van der Waals surface area contributed by atoms with Crippen LogP contribution in [0.15, 0.2) is 77.7 Å². The Kier molecular flexibility index (Phi) is 6.61. The zero-order chi connectivity index (χ0) is 21.7. The summed E-state index contributed by atoms with van der Waals surface area (Å²) in [6.07, 6.45) is -4.44. The molecule has 0 saturated heterocycles. The van der Waals surface area contributed by atoms with E-state index in [4.69, 9.17) is 0 Å². The van der Waals surface area contributed by atoms with Crippen molar-refractivity contribution in [1.82, 2.24) is 0 Å². The topological polar surface area (TPSA) is 41.1 Å². The summed E-state index contributed by atoms with van der Waals surface area (Å²) in [4.78, 5) is 13.0. The first-order valence-electron chi connectivity index (χ1n) is 8.62. The van der Waals surface area contributed by atoms with Gasteiger partial charge < -0.3 is 10.6 Å². The van der Waals surface area contributed by atoms with Crippen LogP contribution in [-0.2, 0) is 6.18 Å². The van der Waals surface area contributed by atoms with Gasteiger partial charge in [0.25, 0.3) is 11.7 Å². The maximum Gasteiger partial charge on any atom is 0.416 e. The molecule has 0 fully saturated rings. The molecular formula is C21H15F5N2OS. The summed E-state index contributed by atoms with van der Waals surface area (Å²) in [7, 11) is 0. The number of hydrogen-bond donors (Lipinski definition) is 2. The number of carbonyl (C=O) groups is 1. The van der Waals surface area contributed by atoms with Gasteiger partial charge in [0.2, 0.25) is 0 Å². The van der Waals surface area contributed by atoms with Crippen LogP contribution in [0.4, 0.5) is 39.0 Å². The van der Waals surface area contributed by atoms with Gasteiger partial charge in [-0.1, -0.05) is 30.0 Å². The zero-order valence-corrected chi connectivity index (χ0v) is 16.0. The molecule has 3 rings (SSSR count). The number of thioether (sulfide) groups is 1. The fraction of sp³-hybridized carbons (Fsp3) is 0.0952. The third-order valence-corrected chi connectivity index (χ3v) is 4.68. The van der Waals surface area contributed by atoms with E-state index in [2.05, 4.69) is 10.6 Å². The monoisotopic (exact) mass is 438 g/mol. The minimum atomic E-state index is -4.44. The van der Waals surface area contributed by atoms with Gasteiger partial charge in [-0.15, -0.1) is 0 Å². The molecule has 0 unspecified atom stereocenters. The minimum Gasteiger partial charge on any atom is -0.355 e. The average Bonchev–Trinajstić information content (AvgIpc) is 2.68. The molecule has 0 spiro atoms. The van der Waals surface area contributed by atoms with Crippen molar-refractivity contribution in [3.63, 3.8) is 0 Å². The van der Waals surface area contributed by atoms with Crippen molar-refractivity contribution in [3.05, 3.63) is 83.9 Å². The Labute approximate surface area is 173 Å². The van der Waals surface area contributed by atoms with Crippen LogP contribution in [0.3, 0.4) is 0 Å². The van der Waals surface area contributed by atoms with Gasteiger partial charge in [0, 0.05) is 16.3 Å². The van der Waals surface area contributed by atoms with E-state index in [0.717, 1.165) is 12.1 Å². The Hall–Kier alpha value is -3.07. The number of rotatable bonds is 6. The summed E-state index contributed by atoms with van der Waals surface area (Å²) < 4.78 is 63.2. The Morgan fingerprint density at radius 3 is 2.23 bits per heavy atom. The third kappa shape index (κ3) is 5.73. The fourth-order valence-electron chi connectivity index (χ4n) is 2.64. The first-order chi connectivity index (χ1) is 14.2. The lowest BCUT2D eigenvalue weighted by molar-refractivity contribution is -0.137. The van der Waals surface area contributed by atoms with Crippen LogP contribution in [-0.4, -0.2) is 11.7 Å². The lowest BCUT2D eigenvalue weighted by Gasteiger charge is -2.13. The number of halogens is 5. The van der Waals surface area contributed by atoms with E-state index < -0.39 is 23.4 Å². The lowest BCUT2D eigenvalue weighted by atomic mass is 10.1. The fourth-order valence-corrected chi connectivity index (χ4v) is 3.19. The number of carbonyl (C=O) groups excluding carboxylic acids is 1. The number of benzene rings is 3. The highest BCUT2D eigenvalue weighted by Gasteiger charge is 2.30. The highest BCUT2D eigenvalue weighted by Crippen LogP contribution is 2.31. The summed E-state index contributed by atoms with van der Waals surface area (Å²) in [5, 5.41) is 5.56. The molecule has 30 heavy (non-hydrogen) atoms. The molecule has 0 aliphatic rings. The lowest BCUT2D eigenvalue weighted by Crippen LogP contribution is -2.14. The van der Waals surface area contributed by atoms with E-state index in [0.29, 0.717) is 33.7 Å². The highest BCUT2D eigenvalue weighted by atomic mass is 32.2. The van der Waals surface area contributed by atoms with E-state index >= 15 is 0 Å². The molecule has 0 aromatic heterocycles. The standard InChI is InChI=1S/C21H15F5N2OS/c22-20(23)30-16-5-3-4-15(12-16)28-19(29)17-6-1-2-7-18(17)27-14-10-8-13(9-11-14)21(24,25)26/h1-12,20,27H,(H,28,29). The molecule has 1 amide bonds. The molecule has 3 aromatic rings. The number of amides is 1. The Morgan fingerprint density at radius 1 is 0.867 bits per heavy atom. The minimum absolute atomic E-state index is 0.240. The molecule has 0 bridgehead atoms. The van der Waals surface area contributed by atoms with Gasteiger partial charge in [-0.25, -0.2) is 0 Å². The number of nitrogens with one attached hydrogen (secondary N) is 2. The molecular weight excluding hydrogens is 423 g/mol. The van der Waals surface area contributed by atoms with Crippen LogP contribution >= 0.6 is 11.8 Å². The summed E-state index contributed by atoms with van der Waals surface area (Å²) in [5.41, 5.74) is 0.561. The number of alkyl halides is 5. The summed E-state index contributed by atoms with van der Waals surface area (Å²) in [6, 6.07) is 16.9. The molecule has 0 aliphatic carbocycles. The predicted molar refractivity (Wildman–Crippen MR) is 107 cm³/mol. The van der Waals surface area contributed by atoms with Gasteiger partial charge in [0.15, 0.2) is 0 Å². The van der Waals surface area contributed by atoms with E-state index in [9.17, 15) is 26.7 Å².